The fraction of sp³-hybridized carbons (Fsp3) is 0.227. The zero-order valence-electron chi connectivity index (χ0n) is 17.2. The Bertz CT molecular complexity index is 1040. The fourth-order valence-corrected chi connectivity index (χ4v) is 2.85. The average Bonchev–Trinajstić information content (AvgIpc) is 3.24. The van der Waals surface area contributed by atoms with Gasteiger partial charge in [-0.3, -0.25) is 9.59 Å². The predicted octanol–water partition coefficient (Wildman–Crippen LogP) is 3.30. The SMILES string of the molecule is CN(C)CCOc1ccc(NC(=O)CNC(=O)c2cc(-c3ccccc3)on2)cc1Cl. The zero-order chi connectivity index (χ0) is 22.2. The summed E-state index contributed by atoms with van der Waals surface area (Å²) in [5, 5.41) is 9.33. The molecule has 31 heavy (non-hydrogen) atoms. The lowest BCUT2D eigenvalue weighted by Crippen LogP contribution is -2.33. The molecule has 162 valence electrons. The third-order valence-electron chi connectivity index (χ3n) is 4.22. The normalized spacial score (nSPS) is 10.7. The first kappa shape index (κ1) is 22.3. The average molecular weight is 443 g/mol. The second kappa shape index (κ2) is 10.6. The smallest absolute Gasteiger partial charge is 0.273 e. The van der Waals surface area contributed by atoms with Crippen LogP contribution in [0.1, 0.15) is 10.5 Å². The highest BCUT2D eigenvalue weighted by atomic mass is 35.5. The van der Waals surface area contributed by atoms with Gasteiger partial charge in [-0.05, 0) is 32.3 Å². The van der Waals surface area contributed by atoms with E-state index in [1.54, 1.807) is 18.2 Å². The van der Waals surface area contributed by atoms with E-state index in [1.165, 1.54) is 6.07 Å². The van der Waals surface area contributed by atoms with E-state index in [1.807, 2.05) is 49.3 Å². The molecule has 2 amide bonds. The molecule has 0 radical (unpaired) electrons. The Balaban J connectivity index is 1.49. The Labute approximate surface area is 185 Å². The standard InChI is InChI=1S/C22H23ClN4O4/c1-27(2)10-11-30-19-9-8-16(12-17(19)23)25-21(28)14-24-22(29)18-13-20(31-26-18)15-6-4-3-5-7-15/h3-9,12-13H,10-11,14H2,1-2H3,(H,24,29)(H,25,28). The highest BCUT2D eigenvalue weighted by Crippen LogP contribution is 2.27. The van der Waals surface area contributed by atoms with Crippen LogP contribution in [-0.4, -0.2) is 55.7 Å². The number of benzene rings is 2. The van der Waals surface area contributed by atoms with Crippen LogP contribution in [0.4, 0.5) is 5.69 Å². The van der Waals surface area contributed by atoms with Gasteiger partial charge in [-0.15, -0.1) is 0 Å². The van der Waals surface area contributed by atoms with Gasteiger partial charge in [0.1, 0.15) is 12.4 Å². The summed E-state index contributed by atoms with van der Waals surface area (Å²) in [6.45, 7) is 1.02. The van der Waals surface area contributed by atoms with Crippen molar-refractivity contribution < 1.29 is 18.8 Å². The van der Waals surface area contributed by atoms with Crippen LogP contribution in [-0.2, 0) is 4.79 Å². The Morgan fingerprint density at radius 2 is 1.90 bits per heavy atom. The van der Waals surface area contributed by atoms with Crippen molar-refractivity contribution in [2.75, 3.05) is 39.1 Å². The fourth-order valence-electron chi connectivity index (χ4n) is 2.61. The molecule has 0 spiro atoms. The summed E-state index contributed by atoms with van der Waals surface area (Å²) in [7, 11) is 3.90. The molecule has 0 unspecified atom stereocenters. The molecule has 8 nitrogen and oxygen atoms in total. The molecule has 3 rings (SSSR count). The van der Waals surface area contributed by atoms with Crippen LogP contribution in [0.25, 0.3) is 11.3 Å². The number of hydrogen-bond acceptors (Lipinski definition) is 6. The van der Waals surface area contributed by atoms with E-state index >= 15 is 0 Å². The molecule has 1 aromatic heterocycles. The first-order valence-corrected chi connectivity index (χ1v) is 9.97. The number of nitrogens with one attached hydrogen (secondary N) is 2. The van der Waals surface area contributed by atoms with E-state index in [9.17, 15) is 9.59 Å². The van der Waals surface area contributed by atoms with Gasteiger partial charge in [-0.25, -0.2) is 0 Å². The van der Waals surface area contributed by atoms with Crippen molar-refractivity contribution >= 4 is 29.1 Å². The maximum Gasteiger partial charge on any atom is 0.273 e. The zero-order valence-corrected chi connectivity index (χ0v) is 18.0. The number of rotatable bonds is 9. The van der Waals surface area contributed by atoms with E-state index in [4.69, 9.17) is 20.9 Å². The molecule has 0 aliphatic heterocycles. The van der Waals surface area contributed by atoms with Crippen LogP contribution in [0, 0.1) is 0 Å². The van der Waals surface area contributed by atoms with Crippen LogP contribution in [0.15, 0.2) is 59.1 Å². The van der Waals surface area contributed by atoms with E-state index in [0.717, 1.165) is 12.1 Å². The van der Waals surface area contributed by atoms with Gasteiger partial charge < -0.3 is 24.8 Å². The Morgan fingerprint density at radius 3 is 2.61 bits per heavy atom. The maximum atomic E-state index is 12.2. The van der Waals surface area contributed by atoms with Crippen molar-refractivity contribution in [3.05, 3.63) is 65.3 Å². The summed E-state index contributed by atoms with van der Waals surface area (Å²) in [5.74, 6) is 0.0917. The summed E-state index contributed by atoms with van der Waals surface area (Å²) in [4.78, 5) is 26.4. The molecule has 0 saturated carbocycles. The number of aromatic nitrogens is 1. The summed E-state index contributed by atoms with van der Waals surface area (Å²) >= 11 is 6.21. The van der Waals surface area contributed by atoms with Crippen molar-refractivity contribution in [2.45, 2.75) is 0 Å². The van der Waals surface area contributed by atoms with Gasteiger partial charge in [0.25, 0.3) is 5.91 Å². The number of ether oxygens (including phenoxy) is 1. The third-order valence-corrected chi connectivity index (χ3v) is 4.52. The molecule has 3 aromatic rings. The van der Waals surface area contributed by atoms with Gasteiger partial charge in [0, 0.05) is 23.9 Å². The minimum absolute atomic E-state index is 0.0916. The third kappa shape index (κ3) is 6.56. The molecule has 0 saturated heterocycles. The Kier molecular flexibility index (Phi) is 7.64. The van der Waals surface area contributed by atoms with Crippen molar-refractivity contribution in [2.24, 2.45) is 0 Å². The van der Waals surface area contributed by atoms with Crippen molar-refractivity contribution in [1.82, 2.24) is 15.4 Å². The Morgan fingerprint density at radius 1 is 1.13 bits per heavy atom. The molecular weight excluding hydrogens is 420 g/mol. The number of nitrogens with zero attached hydrogens (tertiary/aromatic N) is 2. The highest BCUT2D eigenvalue weighted by molar-refractivity contribution is 6.32. The van der Waals surface area contributed by atoms with Gasteiger partial charge in [-0.1, -0.05) is 47.1 Å². The summed E-state index contributed by atoms with van der Waals surface area (Å²) in [6, 6.07) is 15.8. The molecule has 0 bridgehead atoms. The minimum Gasteiger partial charge on any atom is -0.491 e. The van der Waals surface area contributed by atoms with E-state index < -0.39 is 11.8 Å². The molecule has 2 aromatic carbocycles. The van der Waals surface area contributed by atoms with Crippen molar-refractivity contribution in [1.29, 1.82) is 0 Å². The second-order valence-corrected chi connectivity index (χ2v) is 7.38. The minimum atomic E-state index is -0.510. The lowest BCUT2D eigenvalue weighted by atomic mass is 10.1. The monoisotopic (exact) mass is 442 g/mol. The highest BCUT2D eigenvalue weighted by Gasteiger charge is 2.15. The van der Waals surface area contributed by atoms with Crippen molar-refractivity contribution in [3.8, 4) is 17.1 Å². The van der Waals surface area contributed by atoms with Crippen LogP contribution in [0.5, 0.6) is 5.75 Å². The number of carbonyl (C=O) groups excluding carboxylic acids is 2. The number of halogens is 1. The quantitative estimate of drug-likeness (QED) is 0.527. The van der Waals surface area contributed by atoms with Gasteiger partial charge in [0.15, 0.2) is 11.5 Å². The maximum absolute atomic E-state index is 12.2. The molecule has 0 aliphatic carbocycles. The summed E-state index contributed by atoms with van der Waals surface area (Å²) in [5.41, 5.74) is 1.39. The van der Waals surface area contributed by atoms with Crippen LogP contribution < -0.4 is 15.4 Å². The predicted molar refractivity (Wildman–Crippen MR) is 118 cm³/mol. The number of hydrogen-bond donors (Lipinski definition) is 2. The lowest BCUT2D eigenvalue weighted by molar-refractivity contribution is -0.115. The van der Waals surface area contributed by atoms with E-state index in [0.29, 0.717) is 28.8 Å². The molecule has 0 atom stereocenters. The van der Waals surface area contributed by atoms with Crippen LogP contribution in [0.3, 0.4) is 0 Å². The largest absolute Gasteiger partial charge is 0.491 e. The first-order valence-electron chi connectivity index (χ1n) is 9.59. The number of likely N-dealkylation sites (N-methyl/N-ethyl adjacent to an activating group) is 1. The van der Waals surface area contributed by atoms with Crippen LogP contribution >= 0.6 is 11.6 Å². The number of carbonyl (C=O) groups is 2. The molecular formula is C22H23ClN4O4. The van der Waals surface area contributed by atoms with E-state index in [2.05, 4.69) is 15.8 Å². The lowest BCUT2D eigenvalue weighted by Gasteiger charge is -2.13. The second-order valence-electron chi connectivity index (χ2n) is 6.97. The summed E-state index contributed by atoms with van der Waals surface area (Å²) in [6.07, 6.45) is 0. The van der Waals surface area contributed by atoms with Gasteiger partial charge >= 0.3 is 0 Å². The molecule has 1 heterocycles. The molecule has 9 heteroatoms. The number of amides is 2. The van der Waals surface area contributed by atoms with Crippen molar-refractivity contribution in [3.63, 3.8) is 0 Å². The van der Waals surface area contributed by atoms with Gasteiger partial charge in [0.05, 0.1) is 11.6 Å². The summed E-state index contributed by atoms with van der Waals surface area (Å²) < 4.78 is 10.8. The van der Waals surface area contributed by atoms with E-state index in [-0.39, 0.29) is 12.2 Å². The first-order chi connectivity index (χ1) is 14.9. The van der Waals surface area contributed by atoms with Gasteiger partial charge in [-0.2, -0.15) is 0 Å². The Hall–Kier alpha value is -3.36. The van der Waals surface area contributed by atoms with Gasteiger partial charge in [0.2, 0.25) is 5.91 Å². The molecule has 0 aliphatic rings. The topological polar surface area (TPSA) is 96.7 Å². The number of anilines is 1. The molecule has 2 N–H and O–H groups in total. The molecule has 0 fully saturated rings. The van der Waals surface area contributed by atoms with Crippen LogP contribution in [0.2, 0.25) is 5.02 Å².